The Morgan fingerprint density at radius 2 is 1.90 bits per heavy atom. The van der Waals surface area contributed by atoms with Crippen LogP contribution >= 0.6 is 11.3 Å². The molecule has 1 aromatic carbocycles. The molecule has 0 saturated carbocycles. The van der Waals surface area contributed by atoms with E-state index in [-0.39, 0.29) is 6.04 Å². The van der Waals surface area contributed by atoms with Gasteiger partial charge in [-0.1, -0.05) is 31.2 Å². The largest absolute Gasteiger partial charge is 0.443 e. The van der Waals surface area contributed by atoms with Gasteiger partial charge in [0.15, 0.2) is 5.01 Å². The lowest BCUT2D eigenvalue weighted by atomic mass is 10.1. The van der Waals surface area contributed by atoms with E-state index in [1.807, 2.05) is 24.3 Å². The first-order valence-corrected chi connectivity index (χ1v) is 7.60. The molecule has 2 rings (SSSR count). The molecular weight excluding hydrogens is 297 g/mol. The zero-order valence-corrected chi connectivity index (χ0v) is 12.7. The molecule has 0 aliphatic rings. The smallest absolute Gasteiger partial charge is 0.310 e. The van der Waals surface area contributed by atoms with Crippen molar-refractivity contribution in [2.24, 2.45) is 0 Å². The van der Waals surface area contributed by atoms with Crippen molar-refractivity contribution in [3.8, 4) is 10.4 Å². The van der Waals surface area contributed by atoms with Gasteiger partial charge in [-0.05, 0) is 31.0 Å². The van der Waals surface area contributed by atoms with Crippen LogP contribution in [0, 0.1) is 0 Å². The maximum Gasteiger partial charge on any atom is 0.443 e. The lowest BCUT2D eigenvalue weighted by Gasteiger charge is -2.13. The normalized spacial score (nSPS) is 13.4. The molecule has 1 atom stereocenters. The molecule has 0 aliphatic heterocycles. The Labute approximate surface area is 126 Å². The van der Waals surface area contributed by atoms with Gasteiger partial charge in [-0.2, -0.15) is 13.2 Å². The van der Waals surface area contributed by atoms with Gasteiger partial charge in [0.05, 0.1) is 4.88 Å². The van der Waals surface area contributed by atoms with Crippen molar-refractivity contribution >= 4 is 11.3 Å². The molecule has 1 heterocycles. The monoisotopic (exact) mass is 314 g/mol. The van der Waals surface area contributed by atoms with Crippen molar-refractivity contribution in [3.05, 3.63) is 41.0 Å². The summed E-state index contributed by atoms with van der Waals surface area (Å²) in [7, 11) is 0. The molecule has 2 nitrogen and oxygen atoms in total. The van der Waals surface area contributed by atoms with Gasteiger partial charge in [-0.15, -0.1) is 11.3 Å². The standard InChI is InChI=1S/C15H17F3N2S/c1-3-8-19-10(2)11-4-6-12(7-5-11)13-9-20-14(21-13)15(16,17)18/h4-7,9-10,19H,3,8H2,1-2H3. The summed E-state index contributed by atoms with van der Waals surface area (Å²) in [5.41, 5.74) is 1.88. The van der Waals surface area contributed by atoms with Crippen LogP contribution in [0.4, 0.5) is 13.2 Å². The Balaban J connectivity index is 2.13. The summed E-state index contributed by atoms with van der Waals surface area (Å²) in [4.78, 5) is 3.97. The Kier molecular flexibility index (Phi) is 5.00. The number of hydrogen-bond donors (Lipinski definition) is 1. The minimum absolute atomic E-state index is 0.228. The van der Waals surface area contributed by atoms with Gasteiger partial charge in [0.1, 0.15) is 0 Å². The molecule has 0 fully saturated rings. The van der Waals surface area contributed by atoms with E-state index in [2.05, 4.69) is 24.1 Å². The van der Waals surface area contributed by atoms with Crippen LogP contribution in [-0.2, 0) is 6.18 Å². The van der Waals surface area contributed by atoms with Crippen LogP contribution in [0.3, 0.4) is 0 Å². The van der Waals surface area contributed by atoms with E-state index in [9.17, 15) is 13.2 Å². The topological polar surface area (TPSA) is 24.9 Å². The maximum atomic E-state index is 12.5. The molecule has 0 saturated heterocycles. The fourth-order valence-electron chi connectivity index (χ4n) is 1.95. The number of alkyl halides is 3. The molecule has 0 amide bonds. The Morgan fingerprint density at radius 3 is 2.43 bits per heavy atom. The minimum atomic E-state index is -4.37. The molecular formula is C15H17F3N2S. The van der Waals surface area contributed by atoms with Crippen LogP contribution in [0.2, 0.25) is 0 Å². The summed E-state index contributed by atoms with van der Waals surface area (Å²) in [6.45, 7) is 5.11. The summed E-state index contributed by atoms with van der Waals surface area (Å²) < 4.78 is 37.6. The summed E-state index contributed by atoms with van der Waals surface area (Å²) >= 11 is 0.669. The predicted octanol–water partition coefficient (Wildman–Crippen LogP) is 4.89. The fourth-order valence-corrected chi connectivity index (χ4v) is 2.74. The number of halogens is 3. The summed E-state index contributed by atoms with van der Waals surface area (Å²) in [6.07, 6.45) is -2.04. The number of benzene rings is 1. The van der Waals surface area contributed by atoms with Gasteiger partial charge in [0.25, 0.3) is 0 Å². The second-order valence-electron chi connectivity index (χ2n) is 4.83. The van der Waals surface area contributed by atoms with Crippen molar-refractivity contribution in [3.63, 3.8) is 0 Å². The third-order valence-electron chi connectivity index (χ3n) is 3.14. The van der Waals surface area contributed by atoms with Crippen molar-refractivity contribution < 1.29 is 13.2 Å². The molecule has 2 aromatic rings. The number of rotatable bonds is 5. The Hall–Kier alpha value is -1.40. The lowest BCUT2D eigenvalue weighted by Crippen LogP contribution is -2.19. The minimum Gasteiger partial charge on any atom is -0.310 e. The van der Waals surface area contributed by atoms with Crippen molar-refractivity contribution in [1.82, 2.24) is 10.3 Å². The second kappa shape index (κ2) is 6.58. The molecule has 114 valence electrons. The highest BCUT2D eigenvalue weighted by Gasteiger charge is 2.34. The van der Waals surface area contributed by atoms with Crippen molar-refractivity contribution in [2.75, 3.05) is 6.54 Å². The Morgan fingerprint density at radius 1 is 1.24 bits per heavy atom. The molecule has 0 bridgehead atoms. The van der Waals surface area contributed by atoms with Crippen molar-refractivity contribution in [2.45, 2.75) is 32.5 Å². The molecule has 1 aromatic heterocycles. The van der Waals surface area contributed by atoms with Crippen LogP contribution in [0.1, 0.15) is 36.9 Å². The Bertz CT molecular complexity index is 575. The first-order valence-electron chi connectivity index (χ1n) is 6.78. The molecule has 1 N–H and O–H groups in total. The third kappa shape index (κ3) is 4.04. The van der Waals surface area contributed by atoms with Crippen LogP contribution < -0.4 is 5.32 Å². The van der Waals surface area contributed by atoms with Gasteiger partial charge in [0.2, 0.25) is 0 Å². The highest BCUT2D eigenvalue weighted by molar-refractivity contribution is 7.15. The van der Waals surface area contributed by atoms with E-state index < -0.39 is 11.2 Å². The van der Waals surface area contributed by atoms with Gasteiger partial charge >= 0.3 is 6.18 Å². The van der Waals surface area contributed by atoms with Crippen LogP contribution in [0.5, 0.6) is 0 Å². The fraction of sp³-hybridized carbons (Fsp3) is 0.400. The van der Waals surface area contributed by atoms with Crippen molar-refractivity contribution in [1.29, 1.82) is 0 Å². The predicted molar refractivity (Wildman–Crippen MR) is 79.3 cm³/mol. The third-order valence-corrected chi connectivity index (χ3v) is 4.24. The highest BCUT2D eigenvalue weighted by atomic mass is 32.1. The SMILES string of the molecule is CCCNC(C)c1ccc(-c2cnc(C(F)(F)F)s2)cc1. The second-order valence-corrected chi connectivity index (χ2v) is 5.86. The molecule has 6 heteroatoms. The number of thiazole rings is 1. The average molecular weight is 314 g/mol. The quantitative estimate of drug-likeness (QED) is 0.850. The van der Waals surface area contributed by atoms with E-state index in [1.54, 1.807) is 0 Å². The number of nitrogens with zero attached hydrogens (tertiary/aromatic N) is 1. The summed E-state index contributed by atoms with van der Waals surface area (Å²) in [6, 6.07) is 7.79. The molecule has 1 unspecified atom stereocenters. The summed E-state index contributed by atoms with van der Waals surface area (Å²) in [5.74, 6) is 0. The molecule has 0 spiro atoms. The van der Waals surface area contributed by atoms with E-state index >= 15 is 0 Å². The van der Waals surface area contributed by atoms with E-state index in [0.717, 1.165) is 24.1 Å². The number of aromatic nitrogens is 1. The molecule has 0 radical (unpaired) electrons. The van der Waals surface area contributed by atoms with Crippen LogP contribution in [-0.4, -0.2) is 11.5 Å². The lowest BCUT2D eigenvalue weighted by molar-refractivity contribution is -0.137. The maximum absolute atomic E-state index is 12.5. The number of hydrogen-bond acceptors (Lipinski definition) is 3. The van der Waals surface area contributed by atoms with Gasteiger partial charge in [0, 0.05) is 12.2 Å². The molecule has 0 aliphatic carbocycles. The van der Waals surface area contributed by atoms with E-state index in [0.29, 0.717) is 16.2 Å². The van der Waals surface area contributed by atoms with Gasteiger partial charge in [-0.3, -0.25) is 0 Å². The molecule has 21 heavy (non-hydrogen) atoms. The highest BCUT2D eigenvalue weighted by Crippen LogP contribution is 2.36. The van der Waals surface area contributed by atoms with Crippen LogP contribution in [0.15, 0.2) is 30.5 Å². The number of nitrogens with one attached hydrogen (secondary N) is 1. The zero-order valence-electron chi connectivity index (χ0n) is 11.9. The van der Waals surface area contributed by atoms with Gasteiger partial charge in [-0.25, -0.2) is 4.98 Å². The van der Waals surface area contributed by atoms with E-state index in [4.69, 9.17) is 0 Å². The van der Waals surface area contributed by atoms with Gasteiger partial charge < -0.3 is 5.32 Å². The van der Waals surface area contributed by atoms with Crippen LogP contribution in [0.25, 0.3) is 10.4 Å². The summed E-state index contributed by atoms with van der Waals surface area (Å²) in [5, 5.41) is 2.57. The first kappa shape index (κ1) is 16.0. The average Bonchev–Trinajstić information content (AvgIpc) is 2.95. The van der Waals surface area contributed by atoms with E-state index in [1.165, 1.54) is 6.20 Å². The first-order chi connectivity index (χ1) is 9.91. The zero-order chi connectivity index (χ0) is 15.5.